The van der Waals surface area contributed by atoms with Crippen LogP contribution in [0.15, 0.2) is 24.3 Å². The number of hydrogen-bond donors (Lipinski definition) is 2. The second-order valence-electron chi connectivity index (χ2n) is 4.31. The summed E-state index contributed by atoms with van der Waals surface area (Å²) in [5.74, 6) is -1.22. The predicted molar refractivity (Wildman–Crippen MR) is 67.6 cm³/mol. The van der Waals surface area contributed by atoms with E-state index in [1.54, 1.807) is 0 Å². The Hall–Kier alpha value is -2.48. The molecule has 8 nitrogen and oxygen atoms in total. The quantitative estimate of drug-likeness (QED) is 0.614. The zero-order valence-electron chi connectivity index (χ0n) is 10.5. The van der Waals surface area contributed by atoms with E-state index in [9.17, 15) is 19.7 Å². The fraction of sp³-hybridized carbons (Fsp3) is 0.333. The molecule has 0 saturated carbocycles. The van der Waals surface area contributed by atoms with E-state index in [1.807, 2.05) is 0 Å². The number of hydrogen-bond acceptors (Lipinski definition) is 5. The van der Waals surface area contributed by atoms with Crippen molar-refractivity contribution in [2.75, 3.05) is 13.2 Å². The van der Waals surface area contributed by atoms with E-state index in [0.29, 0.717) is 19.6 Å². The van der Waals surface area contributed by atoms with Gasteiger partial charge in [0.15, 0.2) is 0 Å². The number of hydrazine groups is 1. The van der Waals surface area contributed by atoms with Crippen LogP contribution < -0.4 is 10.9 Å². The van der Waals surface area contributed by atoms with Gasteiger partial charge in [-0.05, 0) is 12.5 Å². The van der Waals surface area contributed by atoms with Gasteiger partial charge in [0.25, 0.3) is 11.6 Å². The lowest BCUT2D eigenvalue weighted by Crippen LogP contribution is -2.44. The Bertz CT molecular complexity index is 540. The van der Waals surface area contributed by atoms with Crippen LogP contribution in [-0.4, -0.2) is 30.0 Å². The highest BCUT2D eigenvalue weighted by Crippen LogP contribution is 2.13. The van der Waals surface area contributed by atoms with E-state index in [2.05, 4.69) is 10.9 Å². The number of rotatable bonds is 3. The minimum Gasteiger partial charge on any atom is -0.381 e. The number of amides is 2. The first-order valence-corrected chi connectivity index (χ1v) is 6.00. The standard InChI is InChI=1S/C12H13N3O5/c16-11(8-2-1-3-10(6-8)15(18)19)13-14-12(17)9-4-5-20-7-9/h1-3,6,9H,4-5,7H2,(H,13,16)(H,14,17)/t9-/m1/s1. The van der Waals surface area contributed by atoms with Crippen molar-refractivity contribution in [2.24, 2.45) is 5.92 Å². The molecular formula is C12H13N3O5. The Balaban J connectivity index is 1.92. The molecule has 1 aliphatic heterocycles. The zero-order valence-corrected chi connectivity index (χ0v) is 10.5. The lowest BCUT2D eigenvalue weighted by Gasteiger charge is -2.10. The van der Waals surface area contributed by atoms with Crippen molar-refractivity contribution >= 4 is 17.5 Å². The van der Waals surface area contributed by atoms with Crippen LogP contribution in [0.4, 0.5) is 5.69 Å². The van der Waals surface area contributed by atoms with Crippen LogP contribution in [0.25, 0.3) is 0 Å². The van der Waals surface area contributed by atoms with Crippen LogP contribution in [0.2, 0.25) is 0 Å². The average Bonchev–Trinajstić information content (AvgIpc) is 2.98. The van der Waals surface area contributed by atoms with Gasteiger partial charge in [-0.3, -0.25) is 30.6 Å². The highest BCUT2D eigenvalue weighted by molar-refractivity contribution is 5.96. The number of carbonyl (C=O) groups is 2. The number of benzene rings is 1. The Labute approximate surface area is 114 Å². The molecule has 0 unspecified atom stereocenters. The highest BCUT2D eigenvalue weighted by Gasteiger charge is 2.23. The Morgan fingerprint density at radius 3 is 2.80 bits per heavy atom. The topological polar surface area (TPSA) is 111 Å². The van der Waals surface area contributed by atoms with Crippen LogP contribution >= 0.6 is 0 Å². The maximum atomic E-state index is 11.8. The fourth-order valence-electron chi connectivity index (χ4n) is 1.79. The van der Waals surface area contributed by atoms with E-state index >= 15 is 0 Å². The van der Waals surface area contributed by atoms with Gasteiger partial charge in [0, 0.05) is 24.3 Å². The van der Waals surface area contributed by atoms with Crippen molar-refractivity contribution in [2.45, 2.75) is 6.42 Å². The molecule has 1 saturated heterocycles. The normalized spacial score (nSPS) is 17.5. The van der Waals surface area contributed by atoms with Crippen molar-refractivity contribution in [3.63, 3.8) is 0 Å². The van der Waals surface area contributed by atoms with Crippen LogP contribution in [0, 0.1) is 16.0 Å². The van der Waals surface area contributed by atoms with Crippen LogP contribution in [0.5, 0.6) is 0 Å². The third kappa shape index (κ3) is 3.29. The Morgan fingerprint density at radius 1 is 1.35 bits per heavy atom. The lowest BCUT2D eigenvalue weighted by molar-refractivity contribution is -0.384. The summed E-state index contributed by atoms with van der Waals surface area (Å²) in [4.78, 5) is 33.4. The second-order valence-corrected chi connectivity index (χ2v) is 4.31. The molecule has 0 radical (unpaired) electrons. The molecule has 8 heteroatoms. The van der Waals surface area contributed by atoms with E-state index in [1.165, 1.54) is 18.2 Å². The molecular weight excluding hydrogens is 266 g/mol. The third-order valence-corrected chi connectivity index (χ3v) is 2.92. The summed E-state index contributed by atoms with van der Waals surface area (Å²) in [6.07, 6.45) is 0.610. The van der Waals surface area contributed by atoms with Gasteiger partial charge in [-0.1, -0.05) is 6.07 Å². The monoisotopic (exact) mass is 279 g/mol. The van der Waals surface area contributed by atoms with Gasteiger partial charge < -0.3 is 4.74 Å². The SMILES string of the molecule is O=C(NNC(=O)[C@@H]1CCOC1)c1cccc([N+](=O)[O-])c1. The maximum Gasteiger partial charge on any atom is 0.270 e. The molecule has 1 aromatic carbocycles. The molecule has 1 atom stereocenters. The molecule has 0 bridgehead atoms. The fourth-order valence-corrected chi connectivity index (χ4v) is 1.79. The van der Waals surface area contributed by atoms with Crippen molar-refractivity contribution < 1.29 is 19.2 Å². The minimum absolute atomic E-state index is 0.0992. The number of nitro groups is 1. The molecule has 0 spiro atoms. The van der Waals surface area contributed by atoms with Gasteiger partial charge in [-0.25, -0.2) is 0 Å². The highest BCUT2D eigenvalue weighted by atomic mass is 16.6. The number of nitro benzene ring substituents is 1. The molecule has 0 aromatic heterocycles. The third-order valence-electron chi connectivity index (χ3n) is 2.92. The summed E-state index contributed by atoms with van der Waals surface area (Å²) >= 11 is 0. The smallest absolute Gasteiger partial charge is 0.270 e. The number of non-ortho nitro benzene ring substituents is 1. The summed E-state index contributed by atoms with van der Waals surface area (Å²) in [6.45, 7) is 0.857. The molecule has 1 aromatic rings. The summed E-state index contributed by atoms with van der Waals surface area (Å²) in [5.41, 5.74) is 4.42. The minimum atomic E-state index is -0.610. The van der Waals surface area contributed by atoms with Crippen molar-refractivity contribution in [3.05, 3.63) is 39.9 Å². The van der Waals surface area contributed by atoms with Gasteiger partial charge in [-0.15, -0.1) is 0 Å². The Morgan fingerprint density at radius 2 is 2.15 bits per heavy atom. The molecule has 2 amide bonds. The first-order valence-electron chi connectivity index (χ1n) is 6.00. The summed E-state index contributed by atoms with van der Waals surface area (Å²) in [5, 5.41) is 10.6. The van der Waals surface area contributed by atoms with Gasteiger partial charge in [-0.2, -0.15) is 0 Å². The van der Waals surface area contributed by atoms with Crippen molar-refractivity contribution in [3.8, 4) is 0 Å². The summed E-state index contributed by atoms with van der Waals surface area (Å²) in [7, 11) is 0. The first-order chi connectivity index (χ1) is 9.58. The molecule has 2 N–H and O–H groups in total. The molecule has 20 heavy (non-hydrogen) atoms. The average molecular weight is 279 g/mol. The summed E-state index contributed by atoms with van der Waals surface area (Å²) < 4.78 is 5.06. The van der Waals surface area contributed by atoms with Crippen LogP contribution in [0.3, 0.4) is 0 Å². The van der Waals surface area contributed by atoms with Gasteiger partial charge in [0.2, 0.25) is 5.91 Å². The maximum absolute atomic E-state index is 11.8. The second kappa shape index (κ2) is 6.11. The zero-order chi connectivity index (χ0) is 14.5. The molecule has 0 aliphatic carbocycles. The predicted octanol–water partition coefficient (Wildman–Crippen LogP) is 0.392. The van der Waals surface area contributed by atoms with E-state index in [4.69, 9.17) is 4.74 Å². The lowest BCUT2D eigenvalue weighted by atomic mass is 10.1. The number of nitrogens with one attached hydrogen (secondary N) is 2. The van der Waals surface area contributed by atoms with Crippen molar-refractivity contribution in [1.29, 1.82) is 0 Å². The molecule has 106 valence electrons. The molecule has 2 rings (SSSR count). The van der Waals surface area contributed by atoms with Crippen LogP contribution in [0.1, 0.15) is 16.8 Å². The number of nitrogens with zero attached hydrogens (tertiary/aromatic N) is 1. The first kappa shape index (κ1) is 13.9. The Kier molecular flexibility index (Phi) is 4.26. The summed E-state index contributed by atoms with van der Waals surface area (Å²) in [6, 6.07) is 5.25. The molecule has 1 fully saturated rings. The van der Waals surface area contributed by atoms with Gasteiger partial charge >= 0.3 is 0 Å². The van der Waals surface area contributed by atoms with Gasteiger partial charge in [0.1, 0.15) is 0 Å². The number of carbonyl (C=O) groups excluding carboxylic acids is 2. The molecule has 1 aliphatic rings. The largest absolute Gasteiger partial charge is 0.381 e. The molecule has 1 heterocycles. The van der Waals surface area contributed by atoms with Gasteiger partial charge in [0.05, 0.1) is 17.4 Å². The van der Waals surface area contributed by atoms with E-state index < -0.39 is 10.8 Å². The van der Waals surface area contributed by atoms with E-state index in [-0.39, 0.29) is 23.1 Å². The van der Waals surface area contributed by atoms with E-state index in [0.717, 1.165) is 6.07 Å². The number of ether oxygens (including phenoxy) is 1. The van der Waals surface area contributed by atoms with Crippen LogP contribution in [-0.2, 0) is 9.53 Å². The van der Waals surface area contributed by atoms with Crippen molar-refractivity contribution in [1.82, 2.24) is 10.9 Å².